The molecule has 2 aromatic carbocycles. The smallest absolute Gasteiger partial charge is 0.170 e. The molecular formula is C19H19BrN2O3. The van der Waals surface area contributed by atoms with Crippen molar-refractivity contribution in [3.05, 3.63) is 46.7 Å². The molecular weight excluding hydrogens is 384 g/mol. The van der Waals surface area contributed by atoms with E-state index in [2.05, 4.69) is 20.9 Å². The second-order valence-electron chi connectivity index (χ2n) is 5.65. The molecule has 0 aliphatic heterocycles. The first-order valence-corrected chi connectivity index (χ1v) is 8.80. The minimum absolute atomic E-state index is 0.0159. The monoisotopic (exact) mass is 402 g/mol. The number of halogens is 1. The highest BCUT2D eigenvalue weighted by Gasteiger charge is 2.20. The van der Waals surface area contributed by atoms with Crippen LogP contribution in [0.4, 0.5) is 0 Å². The molecule has 0 spiro atoms. The van der Waals surface area contributed by atoms with Gasteiger partial charge in [-0.15, -0.1) is 0 Å². The van der Waals surface area contributed by atoms with Gasteiger partial charge in [0.25, 0.3) is 0 Å². The van der Waals surface area contributed by atoms with Crippen molar-refractivity contribution in [2.75, 3.05) is 14.2 Å². The van der Waals surface area contributed by atoms with Crippen LogP contribution in [0.3, 0.4) is 0 Å². The Morgan fingerprint density at radius 3 is 2.44 bits per heavy atom. The molecule has 0 aliphatic carbocycles. The largest absolute Gasteiger partial charge is 0.496 e. The number of benzene rings is 2. The van der Waals surface area contributed by atoms with Crippen LogP contribution in [0.2, 0.25) is 0 Å². The SMILES string of the molecule is CCCC(=O)c1c(OC)cc(-n2cnc3cc(Br)ccc32)cc1OC. The number of methoxy groups -OCH3 is 2. The molecule has 1 aromatic heterocycles. The van der Waals surface area contributed by atoms with Crippen molar-refractivity contribution >= 4 is 32.7 Å². The van der Waals surface area contributed by atoms with Gasteiger partial charge >= 0.3 is 0 Å². The van der Waals surface area contributed by atoms with Gasteiger partial charge in [0.05, 0.1) is 30.9 Å². The molecule has 1 heterocycles. The van der Waals surface area contributed by atoms with Crippen molar-refractivity contribution in [1.82, 2.24) is 9.55 Å². The molecule has 0 saturated carbocycles. The third kappa shape index (κ3) is 3.26. The number of Topliss-reactive ketones (excluding diaryl/α,β-unsaturated/α-hetero) is 1. The van der Waals surface area contributed by atoms with Crippen LogP contribution >= 0.6 is 15.9 Å². The molecule has 0 atom stereocenters. The fourth-order valence-electron chi connectivity index (χ4n) is 2.86. The number of ether oxygens (including phenoxy) is 2. The quantitative estimate of drug-likeness (QED) is 0.556. The Bertz CT molecular complexity index is 909. The van der Waals surface area contributed by atoms with Crippen LogP contribution in [0.5, 0.6) is 11.5 Å². The summed E-state index contributed by atoms with van der Waals surface area (Å²) in [6.07, 6.45) is 2.97. The first-order valence-electron chi connectivity index (χ1n) is 8.01. The molecule has 6 heteroatoms. The van der Waals surface area contributed by atoms with E-state index in [1.807, 2.05) is 41.8 Å². The molecule has 130 valence electrons. The number of carbonyl (C=O) groups excluding carboxylic acids is 1. The summed E-state index contributed by atoms with van der Waals surface area (Å²) < 4.78 is 13.9. The first kappa shape index (κ1) is 17.5. The van der Waals surface area contributed by atoms with Crippen LogP contribution < -0.4 is 9.47 Å². The third-order valence-electron chi connectivity index (χ3n) is 4.03. The van der Waals surface area contributed by atoms with Crippen LogP contribution in [0.15, 0.2) is 41.1 Å². The van der Waals surface area contributed by atoms with E-state index in [1.54, 1.807) is 20.5 Å². The zero-order valence-corrected chi connectivity index (χ0v) is 16.0. The van der Waals surface area contributed by atoms with E-state index in [1.165, 1.54) is 0 Å². The summed E-state index contributed by atoms with van der Waals surface area (Å²) >= 11 is 3.46. The number of hydrogen-bond donors (Lipinski definition) is 0. The number of rotatable bonds is 6. The number of nitrogens with zero attached hydrogens (tertiary/aromatic N) is 2. The van der Waals surface area contributed by atoms with Gasteiger partial charge in [0.2, 0.25) is 0 Å². The number of hydrogen-bond acceptors (Lipinski definition) is 4. The van der Waals surface area contributed by atoms with Crippen molar-refractivity contribution in [2.45, 2.75) is 19.8 Å². The number of fused-ring (bicyclic) bond motifs is 1. The molecule has 0 saturated heterocycles. The lowest BCUT2D eigenvalue weighted by Crippen LogP contribution is -2.06. The van der Waals surface area contributed by atoms with Gasteiger partial charge in [-0.05, 0) is 24.6 Å². The van der Waals surface area contributed by atoms with E-state index in [0.717, 1.165) is 27.6 Å². The Hall–Kier alpha value is -2.34. The summed E-state index contributed by atoms with van der Waals surface area (Å²) in [5, 5.41) is 0. The van der Waals surface area contributed by atoms with Crippen LogP contribution in [-0.2, 0) is 0 Å². The number of ketones is 1. The average Bonchev–Trinajstić information content (AvgIpc) is 3.03. The third-order valence-corrected chi connectivity index (χ3v) is 4.53. The van der Waals surface area contributed by atoms with Crippen LogP contribution in [0.25, 0.3) is 16.7 Å². The van der Waals surface area contributed by atoms with E-state index in [9.17, 15) is 4.79 Å². The van der Waals surface area contributed by atoms with E-state index >= 15 is 0 Å². The predicted molar refractivity (Wildman–Crippen MR) is 101 cm³/mol. The molecule has 5 nitrogen and oxygen atoms in total. The normalized spacial score (nSPS) is 10.9. The van der Waals surface area contributed by atoms with Crippen molar-refractivity contribution in [3.8, 4) is 17.2 Å². The van der Waals surface area contributed by atoms with Crippen molar-refractivity contribution in [1.29, 1.82) is 0 Å². The van der Waals surface area contributed by atoms with E-state index < -0.39 is 0 Å². The predicted octanol–water partition coefficient (Wildman–Crippen LogP) is 4.79. The molecule has 0 amide bonds. The van der Waals surface area contributed by atoms with Crippen molar-refractivity contribution in [3.63, 3.8) is 0 Å². The molecule has 3 aromatic rings. The maximum absolute atomic E-state index is 12.5. The molecule has 0 fully saturated rings. The number of imidazole rings is 1. The van der Waals surface area contributed by atoms with Crippen LogP contribution in [-0.4, -0.2) is 29.6 Å². The lowest BCUT2D eigenvalue weighted by molar-refractivity contribution is 0.0975. The van der Waals surface area contributed by atoms with Crippen LogP contribution in [0.1, 0.15) is 30.1 Å². The standard InChI is InChI=1S/C19H19BrN2O3/c1-4-5-16(23)19-17(24-2)9-13(10-18(19)25-3)22-11-21-14-8-12(20)6-7-15(14)22/h6-11H,4-5H2,1-3H3. The maximum atomic E-state index is 12.5. The van der Waals surface area contributed by atoms with Crippen molar-refractivity contribution in [2.24, 2.45) is 0 Å². The van der Waals surface area contributed by atoms with Gasteiger partial charge in [-0.2, -0.15) is 0 Å². The molecule has 0 bridgehead atoms. The summed E-state index contributed by atoms with van der Waals surface area (Å²) in [5.74, 6) is 1.03. The summed E-state index contributed by atoms with van der Waals surface area (Å²) in [7, 11) is 3.12. The highest BCUT2D eigenvalue weighted by molar-refractivity contribution is 9.10. The topological polar surface area (TPSA) is 53.4 Å². The maximum Gasteiger partial charge on any atom is 0.170 e. The van der Waals surface area contributed by atoms with Crippen molar-refractivity contribution < 1.29 is 14.3 Å². The fourth-order valence-corrected chi connectivity index (χ4v) is 3.20. The Morgan fingerprint density at radius 1 is 1.16 bits per heavy atom. The molecule has 0 aliphatic rings. The molecule has 0 N–H and O–H groups in total. The minimum atomic E-state index is 0.0159. The zero-order valence-electron chi connectivity index (χ0n) is 14.4. The molecule has 0 radical (unpaired) electrons. The van der Waals surface area contributed by atoms with E-state index in [-0.39, 0.29) is 5.78 Å². The fraction of sp³-hybridized carbons (Fsp3) is 0.263. The Balaban J connectivity index is 2.18. The summed E-state index contributed by atoms with van der Waals surface area (Å²) in [6, 6.07) is 9.60. The first-order chi connectivity index (χ1) is 12.1. The van der Waals surface area contributed by atoms with Crippen LogP contribution in [0, 0.1) is 0 Å². The molecule has 3 rings (SSSR count). The Morgan fingerprint density at radius 2 is 1.84 bits per heavy atom. The Labute approximate surface area is 154 Å². The summed E-state index contributed by atoms with van der Waals surface area (Å²) in [6.45, 7) is 1.97. The van der Waals surface area contributed by atoms with Gasteiger partial charge in [0.1, 0.15) is 23.4 Å². The van der Waals surface area contributed by atoms with Gasteiger partial charge in [-0.25, -0.2) is 4.98 Å². The zero-order chi connectivity index (χ0) is 18.0. The van der Waals surface area contributed by atoms with Gasteiger partial charge < -0.3 is 9.47 Å². The highest BCUT2D eigenvalue weighted by Crippen LogP contribution is 2.34. The minimum Gasteiger partial charge on any atom is -0.496 e. The van der Waals surface area contributed by atoms with E-state index in [0.29, 0.717) is 23.5 Å². The second-order valence-corrected chi connectivity index (χ2v) is 6.56. The summed E-state index contributed by atoms with van der Waals surface area (Å²) in [5.41, 5.74) is 3.15. The lowest BCUT2D eigenvalue weighted by atomic mass is 10.0. The van der Waals surface area contributed by atoms with E-state index in [4.69, 9.17) is 9.47 Å². The van der Waals surface area contributed by atoms with Gasteiger partial charge in [0.15, 0.2) is 5.78 Å². The highest BCUT2D eigenvalue weighted by atomic mass is 79.9. The average molecular weight is 403 g/mol. The van der Waals surface area contributed by atoms with Gasteiger partial charge in [-0.3, -0.25) is 9.36 Å². The Kier molecular flexibility index (Phi) is 5.08. The van der Waals surface area contributed by atoms with Gasteiger partial charge in [-0.1, -0.05) is 22.9 Å². The lowest BCUT2D eigenvalue weighted by Gasteiger charge is -2.15. The molecule has 25 heavy (non-hydrogen) atoms. The van der Waals surface area contributed by atoms with Gasteiger partial charge in [0, 0.05) is 23.0 Å². The summed E-state index contributed by atoms with van der Waals surface area (Å²) in [4.78, 5) is 16.9. The number of carbonyl (C=O) groups is 1. The molecule has 0 unspecified atom stereocenters. The second kappa shape index (κ2) is 7.27. The number of aromatic nitrogens is 2.